The van der Waals surface area contributed by atoms with Crippen LogP contribution in [0, 0.1) is 0 Å². The molecule has 86 valence electrons. The number of ketones is 1. The van der Waals surface area contributed by atoms with E-state index in [2.05, 4.69) is 4.98 Å². The van der Waals surface area contributed by atoms with Crippen molar-refractivity contribution >= 4 is 23.0 Å². The third-order valence-corrected chi connectivity index (χ3v) is 3.17. The van der Waals surface area contributed by atoms with Crippen LogP contribution in [0.4, 0.5) is 0 Å². The number of halogens is 1. The molecule has 4 nitrogen and oxygen atoms in total. The van der Waals surface area contributed by atoms with E-state index in [1.807, 2.05) is 0 Å². The first-order valence-corrected chi connectivity index (χ1v) is 5.63. The molecule has 0 bridgehead atoms. The average Bonchev–Trinajstić information content (AvgIpc) is 2.68. The van der Waals surface area contributed by atoms with E-state index in [4.69, 9.17) is 16.7 Å². The van der Waals surface area contributed by atoms with Crippen LogP contribution in [0.25, 0.3) is 5.65 Å². The Labute approximate surface area is 102 Å². The Morgan fingerprint density at radius 1 is 1.41 bits per heavy atom. The largest absolute Gasteiger partial charge is 0.515 e. The average molecular weight is 249 g/mol. The van der Waals surface area contributed by atoms with Crippen molar-refractivity contribution in [3.8, 4) is 0 Å². The summed E-state index contributed by atoms with van der Waals surface area (Å²) in [6, 6.07) is 3.51. The molecule has 0 unspecified atom stereocenters. The third-order valence-electron chi connectivity index (χ3n) is 2.95. The Hall–Kier alpha value is -1.81. The first-order valence-electron chi connectivity index (χ1n) is 5.25. The van der Waals surface area contributed by atoms with E-state index in [-0.39, 0.29) is 5.78 Å². The Kier molecular flexibility index (Phi) is 2.19. The van der Waals surface area contributed by atoms with Gasteiger partial charge in [-0.2, -0.15) is 0 Å². The van der Waals surface area contributed by atoms with Gasteiger partial charge in [-0.3, -0.25) is 9.20 Å². The standard InChI is InChI=1S/C12H9ClN2O2/c13-8-2-4-10-14-9-3-1-7(6-16)12(17)11(9)15(10)5-8/h2,4-6,16H,1,3H2/b7-6+. The van der Waals surface area contributed by atoms with Gasteiger partial charge in [-0.05, 0) is 25.0 Å². The summed E-state index contributed by atoms with van der Waals surface area (Å²) in [4.78, 5) is 16.5. The van der Waals surface area contributed by atoms with Crippen LogP contribution in [-0.4, -0.2) is 20.3 Å². The van der Waals surface area contributed by atoms with Crippen molar-refractivity contribution in [2.24, 2.45) is 0 Å². The predicted molar refractivity (Wildman–Crippen MR) is 63.6 cm³/mol. The fourth-order valence-electron chi connectivity index (χ4n) is 2.12. The molecule has 0 saturated heterocycles. The van der Waals surface area contributed by atoms with Crippen LogP contribution in [0.1, 0.15) is 22.6 Å². The predicted octanol–water partition coefficient (Wildman–Crippen LogP) is 2.56. The number of Topliss-reactive ketones (excluding diaryl/α,β-unsaturated/α-hetero) is 1. The molecule has 2 heterocycles. The van der Waals surface area contributed by atoms with E-state index < -0.39 is 0 Å². The number of aryl methyl sites for hydroxylation is 1. The Morgan fingerprint density at radius 3 is 3.00 bits per heavy atom. The van der Waals surface area contributed by atoms with Crippen LogP contribution in [-0.2, 0) is 6.42 Å². The minimum absolute atomic E-state index is 0.177. The van der Waals surface area contributed by atoms with Crippen LogP contribution in [0.2, 0.25) is 5.02 Å². The first-order chi connectivity index (χ1) is 8.20. The number of allylic oxidation sites excluding steroid dienone is 1. The van der Waals surface area contributed by atoms with Gasteiger partial charge in [-0.25, -0.2) is 4.98 Å². The lowest BCUT2D eigenvalue weighted by atomic mass is 9.95. The smallest absolute Gasteiger partial charge is 0.210 e. The van der Waals surface area contributed by atoms with Crippen molar-refractivity contribution in [1.29, 1.82) is 0 Å². The summed E-state index contributed by atoms with van der Waals surface area (Å²) in [5.41, 5.74) is 2.39. The molecule has 0 radical (unpaired) electrons. The van der Waals surface area contributed by atoms with Gasteiger partial charge in [0.25, 0.3) is 0 Å². The molecular weight excluding hydrogens is 240 g/mol. The van der Waals surface area contributed by atoms with Crippen molar-refractivity contribution < 1.29 is 9.90 Å². The van der Waals surface area contributed by atoms with Crippen molar-refractivity contribution in [2.45, 2.75) is 12.8 Å². The lowest BCUT2D eigenvalue weighted by Gasteiger charge is -2.12. The van der Waals surface area contributed by atoms with Gasteiger partial charge in [-0.1, -0.05) is 11.6 Å². The molecule has 0 atom stereocenters. The van der Waals surface area contributed by atoms with Crippen molar-refractivity contribution in [3.05, 3.63) is 46.6 Å². The van der Waals surface area contributed by atoms with Crippen LogP contribution in [0.5, 0.6) is 0 Å². The topological polar surface area (TPSA) is 54.6 Å². The number of rotatable bonds is 0. The minimum atomic E-state index is -0.177. The highest BCUT2D eigenvalue weighted by molar-refractivity contribution is 6.30. The third kappa shape index (κ3) is 1.45. The van der Waals surface area contributed by atoms with Crippen molar-refractivity contribution in [2.75, 3.05) is 0 Å². The minimum Gasteiger partial charge on any atom is -0.515 e. The molecule has 0 aromatic carbocycles. The van der Waals surface area contributed by atoms with Gasteiger partial charge in [0, 0.05) is 11.8 Å². The van der Waals surface area contributed by atoms with Gasteiger partial charge in [0.2, 0.25) is 5.78 Å². The van der Waals surface area contributed by atoms with Crippen molar-refractivity contribution in [3.63, 3.8) is 0 Å². The summed E-state index contributed by atoms with van der Waals surface area (Å²) in [5, 5.41) is 9.56. The molecule has 1 N–H and O–H groups in total. The number of aliphatic hydroxyl groups is 1. The zero-order valence-electron chi connectivity index (χ0n) is 8.85. The molecule has 2 aromatic rings. The number of carbonyl (C=O) groups excluding carboxylic acids is 1. The summed E-state index contributed by atoms with van der Waals surface area (Å²) < 4.78 is 1.68. The second-order valence-electron chi connectivity index (χ2n) is 3.97. The summed E-state index contributed by atoms with van der Waals surface area (Å²) in [7, 11) is 0. The quantitative estimate of drug-likeness (QED) is 0.576. The van der Waals surface area contributed by atoms with Gasteiger partial charge in [0.1, 0.15) is 11.3 Å². The van der Waals surface area contributed by atoms with E-state index in [9.17, 15) is 4.79 Å². The maximum absolute atomic E-state index is 12.1. The number of fused-ring (bicyclic) bond motifs is 3. The number of carbonyl (C=O) groups is 1. The molecule has 0 spiro atoms. The summed E-state index contributed by atoms with van der Waals surface area (Å²) in [6.07, 6.45) is 3.74. The van der Waals surface area contributed by atoms with E-state index in [1.54, 1.807) is 22.7 Å². The number of imidazole rings is 1. The lowest BCUT2D eigenvalue weighted by Crippen LogP contribution is -2.15. The first kappa shape index (κ1) is 10.4. The molecule has 1 aliphatic carbocycles. The number of hydrogen-bond donors (Lipinski definition) is 1. The van der Waals surface area contributed by atoms with Gasteiger partial charge in [-0.15, -0.1) is 0 Å². The zero-order chi connectivity index (χ0) is 12.0. The summed E-state index contributed by atoms with van der Waals surface area (Å²) in [6.45, 7) is 0. The lowest BCUT2D eigenvalue weighted by molar-refractivity contribution is 0.101. The molecular formula is C12H9ClN2O2. The van der Waals surface area contributed by atoms with E-state index in [1.165, 1.54) is 0 Å². The van der Waals surface area contributed by atoms with Crippen LogP contribution in [0.15, 0.2) is 30.2 Å². The molecule has 17 heavy (non-hydrogen) atoms. The molecule has 0 aliphatic heterocycles. The van der Waals surface area contributed by atoms with Gasteiger partial charge in [0.15, 0.2) is 0 Å². The Morgan fingerprint density at radius 2 is 2.24 bits per heavy atom. The van der Waals surface area contributed by atoms with Gasteiger partial charge >= 0.3 is 0 Å². The van der Waals surface area contributed by atoms with E-state index >= 15 is 0 Å². The number of pyridine rings is 1. The molecule has 0 saturated carbocycles. The molecule has 0 fully saturated rings. The highest BCUT2D eigenvalue weighted by Gasteiger charge is 2.27. The van der Waals surface area contributed by atoms with Crippen LogP contribution >= 0.6 is 11.6 Å². The maximum atomic E-state index is 12.1. The normalized spacial score (nSPS) is 17.7. The summed E-state index contributed by atoms with van der Waals surface area (Å²) >= 11 is 5.91. The number of aromatic nitrogens is 2. The SMILES string of the molecule is O=C1/C(=C/O)CCc2nc3ccc(Cl)cn3c21. The zero-order valence-corrected chi connectivity index (χ0v) is 9.61. The molecule has 3 rings (SSSR count). The van der Waals surface area contributed by atoms with E-state index in [0.717, 1.165) is 12.0 Å². The van der Waals surface area contributed by atoms with Crippen LogP contribution < -0.4 is 0 Å². The Balaban J connectivity index is 2.32. The Bertz CT molecular complexity index is 658. The van der Waals surface area contributed by atoms with Crippen molar-refractivity contribution in [1.82, 2.24) is 9.38 Å². The number of aliphatic hydroxyl groups excluding tert-OH is 1. The molecule has 5 heteroatoms. The second-order valence-corrected chi connectivity index (χ2v) is 4.40. The number of nitrogens with zero attached hydrogens (tertiary/aromatic N) is 2. The second kappa shape index (κ2) is 3.60. The highest BCUT2D eigenvalue weighted by Crippen LogP contribution is 2.26. The molecule has 0 amide bonds. The van der Waals surface area contributed by atoms with Gasteiger partial charge < -0.3 is 5.11 Å². The summed E-state index contributed by atoms with van der Waals surface area (Å²) in [5.74, 6) is -0.177. The fourth-order valence-corrected chi connectivity index (χ4v) is 2.28. The molecule has 2 aromatic heterocycles. The molecule has 1 aliphatic rings. The highest BCUT2D eigenvalue weighted by atomic mass is 35.5. The fraction of sp³-hybridized carbons (Fsp3) is 0.167. The maximum Gasteiger partial charge on any atom is 0.210 e. The number of hydrogen-bond acceptors (Lipinski definition) is 3. The van der Waals surface area contributed by atoms with E-state index in [0.29, 0.717) is 34.8 Å². The van der Waals surface area contributed by atoms with Gasteiger partial charge in [0.05, 0.1) is 17.0 Å². The monoisotopic (exact) mass is 248 g/mol. The van der Waals surface area contributed by atoms with Crippen LogP contribution in [0.3, 0.4) is 0 Å².